The van der Waals surface area contributed by atoms with Gasteiger partial charge in [-0.15, -0.1) is 0 Å². The molecule has 0 aliphatic heterocycles. The zero-order valence-corrected chi connectivity index (χ0v) is 17.7. The highest BCUT2D eigenvalue weighted by Crippen LogP contribution is 2.27. The average molecular weight is 441 g/mol. The van der Waals surface area contributed by atoms with Crippen LogP contribution >= 0.6 is 15.9 Å². The van der Waals surface area contributed by atoms with Crippen LogP contribution in [-0.4, -0.2) is 38.9 Å². The van der Waals surface area contributed by atoms with Crippen LogP contribution in [0.3, 0.4) is 0 Å². The maximum Gasteiger partial charge on any atom is 0.246 e. The quantitative estimate of drug-likeness (QED) is 0.590. The molecule has 1 aromatic carbocycles. The summed E-state index contributed by atoms with van der Waals surface area (Å²) < 4.78 is 54.3. The van der Waals surface area contributed by atoms with Crippen LogP contribution in [0.5, 0.6) is 0 Å². The molecule has 1 rings (SSSR count). The van der Waals surface area contributed by atoms with Gasteiger partial charge in [-0.05, 0) is 46.8 Å². The maximum absolute atomic E-state index is 14.1. The predicted octanol–water partition coefficient (Wildman–Crippen LogP) is 4.01. The number of likely N-dealkylation sites (N-methyl/N-ethyl adjacent to an activating group) is 1. The Labute approximate surface area is 158 Å². The maximum atomic E-state index is 14.1. The zero-order valence-electron chi connectivity index (χ0n) is 15.3. The third kappa shape index (κ3) is 6.27. The van der Waals surface area contributed by atoms with Crippen molar-refractivity contribution in [3.8, 4) is 0 Å². The van der Waals surface area contributed by atoms with Gasteiger partial charge in [0.1, 0.15) is 16.5 Å². The summed E-state index contributed by atoms with van der Waals surface area (Å²) in [6.45, 7) is 9.37. The van der Waals surface area contributed by atoms with Gasteiger partial charge >= 0.3 is 0 Å². The fourth-order valence-electron chi connectivity index (χ4n) is 2.50. The summed E-state index contributed by atoms with van der Waals surface area (Å²) >= 11 is 2.92. The number of hydrogen-bond acceptors (Lipinski definition) is 3. The molecule has 1 N–H and O–H groups in total. The van der Waals surface area contributed by atoms with Crippen LogP contribution in [0.4, 0.5) is 8.78 Å². The molecule has 0 aromatic heterocycles. The lowest BCUT2D eigenvalue weighted by molar-refractivity contribution is 0.301. The minimum Gasteiger partial charge on any atom is -0.315 e. The van der Waals surface area contributed by atoms with Gasteiger partial charge in [-0.1, -0.05) is 27.7 Å². The van der Waals surface area contributed by atoms with E-state index in [4.69, 9.17) is 0 Å². The molecule has 0 aliphatic rings. The van der Waals surface area contributed by atoms with Crippen LogP contribution in [0.1, 0.15) is 34.1 Å². The van der Waals surface area contributed by atoms with Crippen molar-refractivity contribution in [2.45, 2.75) is 45.1 Å². The highest BCUT2D eigenvalue weighted by molar-refractivity contribution is 9.10. The first-order chi connectivity index (χ1) is 11.5. The molecule has 0 fully saturated rings. The second kappa shape index (κ2) is 9.39. The number of halogens is 3. The Kier molecular flexibility index (Phi) is 8.44. The van der Waals surface area contributed by atoms with Crippen molar-refractivity contribution in [1.29, 1.82) is 0 Å². The molecule has 0 spiro atoms. The van der Waals surface area contributed by atoms with Gasteiger partial charge in [-0.2, -0.15) is 4.31 Å². The van der Waals surface area contributed by atoms with Crippen LogP contribution in [0.2, 0.25) is 0 Å². The highest BCUT2D eigenvalue weighted by atomic mass is 79.9. The number of nitrogens with one attached hydrogen (secondary N) is 1. The molecular weight excluding hydrogens is 414 g/mol. The molecule has 0 amide bonds. The van der Waals surface area contributed by atoms with E-state index >= 15 is 0 Å². The molecule has 0 aliphatic carbocycles. The van der Waals surface area contributed by atoms with E-state index in [1.165, 1.54) is 11.4 Å². The van der Waals surface area contributed by atoms with Crippen molar-refractivity contribution >= 4 is 26.0 Å². The van der Waals surface area contributed by atoms with Gasteiger partial charge in [-0.25, -0.2) is 17.2 Å². The lowest BCUT2D eigenvalue weighted by atomic mass is 10.0. The first-order valence-electron chi connectivity index (χ1n) is 8.30. The number of benzene rings is 1. The van der Waals surface area contributed by atoms with Crippen molar-refractivity contribution in [2.75, 3.05) is 20.1 Å². The van der Waals surface area contributed by atoms with Crippen molar-refractivity contribution in [2.24, 2.45) is 11.8 Å². The molecule has 0 bridgehead atoms. The van der Waals surface area contributed by atoms with Gasteiger partial charge in [-0.3, -0.25) is 0 Å². The molecule has 1 unspecified atom stereocenters. The average Bonchev–Trinajstić information content (AvgIpc) is 2.48. The van der Waals surface area contributed by atoms with E-state index in [1.54, 1.807) is 0 Å². The molecule has 4 nitrogen and oxygen atoms in total. The van der Waals surface area contributed by atoms with Gasteiger partial charge < -0.3 is 5.32 Å². The monoisotopic (exact) mass is 440 g/mol. The minimum atomic E-state index is -4.08. The van der Waals surface area contributed by atoms with Crippen LogP contribution in [0, 0.1) is 23.5 Å². The predicted molar refractivity (Wildman–Crippen MR) is 100.0 cm³/mol. The number of rotatable bonds is 9. The van der Waals surface area contributed by atoms with E-state index in [-0.39, 0.29) is 16.4 Å². The summed E-state index contributed by atoms with van der Waals surface area (Å²) in [6, 6.07) is 1.23. The Balaban J connectivity index is 3.12. The summed E-state index contributed by atoms with van der Waals surface area (Å²) in [5, 5.41) is 3.26. The van der Waals surface area contributed by atoms with Gasteiger partial charge in [0.25, 0.3) is 0 Å². The number of hydrogen-bond donors (Lipinski definition) is 1. The van der Waals surface area contributed by atoms with E-state index in [0.29, 0.717) is 24.9 Å². The Morgan fingerprint density at radius 2 is 1.68 bits per heavy atom. The Morgan fingerprint density at radius 1 is 1.08 bits per heavy atom. The van der Waals surface area contributed by atoms with Crippen LogP contribution in [0.15, 0.2) is 21.5 Å². The molecule has 0 radical (unpaired) electrons. The third-order valence-corrected chi connectivity index (χ3v) is 6.35. The van der Waals surface area contributed by atoms with Gasteiger partial charge in [0.2, 0.25) is 10.0 Å². The molecule has 1 atom stereocenters. The molecule has 1 aromatic rings. The molecule has 25 heavy (non-hydrogen) atoms. The number of sulfonamides is 1. The fraction of sp³-hybridized carbons (Fsp3) is 0.647. The van der Waals surface area contributed by atoms with E-state index in [1.807, 2.05) is 13.8 Å². The topological polar surface area (TPSA) is 49.4 Å². The van der Waals surface area contributed by atoms with Crippen molar-refractivity contribution < 1.29 is 17.2 Å². The summed E-state index contributed by atoms with van der Waals surface area (Å²) in [7, 11) is -2.64. The van der Waals surface area contributed by atoms with Gasteiger partial charge in [0.05, 0.1) is 4.47 Å². The Bertz CT molecular complexity index is 681. The van der Waals surface area contributed by atoms with Gasteiger partial charge in [0.15, 0.2) is 0 Å². The molecule has 8 heteroatoms. The van der Waals surface area contributed by atoms with E-state index < -0.39 is 26.6 Å². The largest absolute Gasteiger partial charge is 0.315 e. The smallest absolute Gasteiger partial charge is 0.246 e. The van der Waals surface area contributed by atoms with Crippen molar-refractivity contribution in [1.82, 2.24) is 9.62 Å². The van der Waals surface area contributed by atoms with Crippen molar-refractivity contribution in [3.05, 3.63) is 28.2 Å². The van der Waals surface area contributed by atoms with Crippen LogP contribution < -0.4 is 5.32 Å². The lowest BCUT2D eigenvalue weighted by Gasteiger charge is -2.29. The standard InChI is InChI=1S/C17H27BrF2N2O2S/c1-11(2)6-13(10-21-9-12(3)4)22(5)25(23,24)17-7-14(18)15(19)8-16(17)20/h7-8,11-13,21H,6,9-10H2,1-5H3. The van der Waals surface area contributed by atoms with E-state index in [2.05, 4.69) is 35.1 Å². The molecule has 0 saturated carbocycles. The summed E-state index contributed by atoms with van der Waals surface area (Å²) in [6.07, 6.45) is 0.630. The summed E-state index contributed by atoms with van der Waals surface area (Å²) in [5.41, 5.74) is 0. The SMILES string of the molecule is CC(C)CNCC(CC(C)C)N(C)S(=O)(=O)c1cc(Br)c(F)cc1F. The van der Waals surface area contributed by atoms with Crippen molar-refractivity contribution in [3.63, 3.8) is 0 Å². The van der Waals surface area contributed by atoms with E-state index in [0.717, 1.165) is 12.6 Å². The summed E-state index contributed by atoms with van der Waals surface area (Å²) in [5.74, 6) is -1.22. The second-order valence-electron chi connectivity index (χ2n) is 7.05. The lowest BCUT2D eigenvalue weighted by Crippen LogP contribution is -2.45. The fourth-order valence-corrected chi connectivity index (χ4v) is 4.43. The molecule has 144 valence electrons. The van der Waals surface area contributed by atoms with Crippen LogP contribution in [-0.2, 0) is 10.0 Å². The van der Waals surface area contributed by atoms with Crippen LogP contribution in [0.25, 0.3) is 0 Å². The first kappa shape index (κ1) is 22.5. The number of nitrogens with zero attached hydrogens (tertiary/aromatic N) is 1. The second-order valence-corrected chi connectivity index (χ2v) is 9.87. The third-order valence-electron chi connectivity index (χ3n) is 3.82. The Hall–Kier alpha value is -0.570. The molecular formula is C17H27BrF2N2O2S. The minimum absolute atomic E-state index is 0.0841. The normalized spacial score (nSPS) is 13.9. The first-order valence-corrected chi connectivity index (χ1v) is 10.5. The Morgan fingerprint density at radius 3 is 2.20 bits per heavy atom. The van der Waals surface area contributed by atoms with E-state index in [9.17, 15) is 17.2 Å². The van der Waals surface area contributed by atoms with Gasteiger partial charge in [0, 0.05) is 25.7 Å². The summed E-state index contributed by atoms with van der Waals surface area (Å²) in [4.78, 5) is -0.527. The highest BCUT2D eigenvalue weighted by Gasteiger charge is 2.31. The molecule has 0 heterocycles. The molecule has 0 saturated heterocycles. The zero-order chi connectivity index (χ0) is 19.4.